The maximum Gasteiger partial charge on any atom is 0.384 e. The van der Waals surface area contributed by atoms with Gasteiger partial charge in [0.15, 0.2) is 5.65 Å². The lowest BCUT2D eigenvalue weighted by molar-refractivity contribution is -0.136. The number of aromatic nitrogens is 4. The zero-order valence-electron chi connectivity index (χ0n) is 10.7. The summed E-state index contributed by atoms with van der Waals surface area (Å²) in [5.41, 5.74) is 0.732. The number of carbonyl (C=O) groups is 1. The van der Waals surface area contributed by atoms with Crippen LogP contribution in [0.3, 0.4) is 0 Å². The molecule has 0 bridgehead atoms. The SMILES string of the molecule is CCOC(=O)C#CCNc1ncnc2c1cnn2C. The Morgan fingerprint density at radius 2 is 2.37 bits per heavy atom. The van der Waals surface area contributed by atoms with E-state index in [1.54, 1.807) is 24.9 Å². The molecule has 0 amide bonds. The molecule has 98 valence electrons. The van der Waals surface area contributed by atoms with E-state index in [-0.39, 0.29) is 0 Å². The average molecular weight is 259 g/mol. The summed E-state index contributed by atoms with van der Waals surface area (Å²) < 4.78 is 6.35. The van der Waals surface area contributed by atoms with Crippen LogP contribution in [0.2, 0.25) is 0 Å². The van der Waals surface area contributed by atoms with Crippen molar-refractivity contribution in [1.29, 1.82) is 0 Å². The highest BCUT2D eigenvalue weighted by molar-refractivity contribution is 5.89. The summed E-state index contributed by atoms with van der Waals surface area (Å²) in [4.78, 5) is 19.2. The van der Waals surface area contributed by atoms with Gasteiger partial charge >= 0.3 is 5.97 Å². The van der Waals surface area contributed by atoms with Crippen LogP contribution in [0.4, 0.5) is 5.82 Å². The van der Waals surface area contributed by atoms with Gasteiger partial charge in [-0.1, -0.05) is 5.92 Å². The first-order valence-corrected chi connectivity index (χ1v) is 5.74. The molecule has 2 aromatic heterocycles. The molecule has 0 aliphatic carbocycles. The Morgan fingerprint density at radius 1 is 1.53 bits per heavy atom. The van der Waals surface area contributed by atoms with Crippen molar-refractivity contribution in [3.8, 4) is 11.8 Å². The lowest BCUT2D eigenvalue weighted by Crippen LogP contribution is -2.04. The molecule has 1 N–H and O–H groups in total. The molecule has 0 unspecified atom stereocenters. The van der Waals surface area contributed by atoms with Crippen LogP contribution >= 0.6 is 0 Å². The summed E-state index contributed by atoms with van der Waals surface area (Å²) in [6.07, 6.45) is 3.13. The number of fused-ring (bicyclic) bond motifs is 1. The summed E-state index contributed by atoms with van der Waals surface area (Å²) >= 11 is 0. The van der Waals surface area contributed by atoms with E-state index in [1.807, 2.05) is 0 Å². The van der Waals surface area contributed by atoms with Crippen molar-refractivity contribution < 1.29 is 9.53 Å². The number of hydrogen-bond donors (Lipinski definition) is 1. The zero-order valence-corrected chi connectivity index (χ0v) is 10.7. The smallest absolute Gasteiger partial charge is 0.384 e. The van der Waals surface area contributed by atoms with Crippen LogP contribution in [0.15, 0.2) is 12.5 Å². The van der Waals surface area contributed by atoms with Gasteiger partial charge in [0, 0.05) is 13.0 Å². The molecule has 0 saturated carbocycles. The Morgan fingerprint density at radius 3 is 3.16 bits per heavy atom. The van der Waals surface area contributed by atoms with Crippen LogP contribution in [0.25, 0.3) is 11.0 Å². The van der Waals surface area contributed by atoms with E-state index in [9.17, 15) is 4.79 Å². The Hall–Kier alpha value is -2.62. The van der Waals surface area contributed by atoms with E-state index in [1.165, 1.54) is 6.33 Å². The zero-order chi connectivity index (χ0) is 13.7. The summed E-state index contributed by atoms with van der Waals surface area (Å²) in [6.45, 7) is 2.35. The third-order valence-corrected chi connectivity index (χ3v) is 2.34. The van der Waals surface area contributed by atoms with Gasteiger partial charge in [0.05, 0.1) is 24.7 Å². The second-order valence-corrected chi connectivity index (χ2v) is 3.60. The van der Waals surface area contributed by atoms with E-state index < -0.39 is 5.97 Å². The van der Waals surface area contributed by atoms with Crippen LogP contribution in [0, 0.1) is 11.8 Å². The molecule has 0 fully saturated rings. The summed E-state index contributed by atoms with van der Waals surface area (Å²) in [5, 5.41) is 7.92. The standard InChI is InChI=1S/C12H13N5O2/c1-3-19-10(18)5-4-6-13-11-9-7-16-17(2)12(9)15-8-14-11/h7-8H,3,6H2,1-2H3,(H,13,14,15). The molecule has 0 saturated heterocycles. The van der Waals surface area contributed by atoms with Crippen LogP contribution in [0.1, 0.15) is 6.92 Å². The maximum absolute atomic E-state index is 11.0. The summed E-state index contributed by atoms with van der Waals surface area (Å²) in [6, 6.07) is 0. The fraction of sp³-hybridized carbons (Fsp3) is 0.333. The Labute approximate surface area is 110 Å². The van der Waals surface area contributed by atoms with Crippen molar-refractivity contribution in [3.05, 3.63) is 12.5 Å². The highest BCUT2D eigenvalue weighted by Gasteiger charge is 2.06. The fourth-order valence-electron chi connectivity index (χ4n) is 1.51. The molecule has 2 rings (SSSR count). The van der Waals surface area contributed by atoms with Crippen molar-refractivity contribution >= 4 is 22.8 Å². The largest absolute Gasteiger partial charge is 0.456 e. The molecule has 2 aromatic rings. The molecule has 0 atom stereocenters. The normalized spacial score (nSPS) is 9.79. The fourth-order valence-corrected chi connectivity index (χ4v) is 1.51. The third kappa shape index (κ3) is 2.98. The lowest BCUT2D eigenvalue weighted by atomic mass is 10.4. The maximum atomic E-state index is 11.0. The molecule has 0 radical (unpaired) electrons. The first kappa shape index (κ1) is 12.8. The van der Waals surface area contributed by atoms with E-state index in [2.05, 4.69) is 37.0 Å². The molecule has 0 aliphatic rings. The van der Waals surface area contributed by atoms with Crippen molar-refractivity contribution in [2.45, 2.75) is 6.92 Å². The number of esters is 1. The number of rotatable bonds is 3. The highest BCUT2D eigenvalue weighted by Crippen LogP contribution is 2.16. The van der Waals surface area contributed by atoms with Crippen molar-refractivity contribution in [2.75, 3.05) is 18.5 Å². The Kier molecular flexibility index (Phi) is 3.93. The van der Waals surface area contributed by atoms with E-state index in [4.69, 9.17) is 0 Å². The van der Waals surface area contributed by atoms with Crippen LogP contribution in [0.5, 0.6) is 0 Å². The Balaban J connectivity index is 2.04. The second kappa shape index (κ2) is 5.82. The van der Waals surface area contributed by atoms with Gasteiger partial charge < -0.3 is 10.1 Å². The summed E-state index contributed by atoms with van der Waals surface area (Å²) in [7, 11) is 1.81. The molecule has 0 aromatic carbocycles. The molecular weight excluding hydrogens is 246 g/mol. The molecule has 0 spiro atoms. The number of aryl methyl sites for hydroxylation is 1. The number of nitrogens with zero attached hydrogens (tertiary/aromatic N) is 4. The molecule has 0 aliphatic heterocycles. The monoisotopic (exact) mass is 259 g/mol. The average Bonchev–Trinajstić information content (AvgIpc) is 2.78. The van der Waals surface area contributed by atoms with Crippen molar-refractivity contribution in [3.63, 3.8) is 0 Å². The van der Waals surface area contributed by atoms with Gasteiger partial charge in [-0.25, -0.2) is 14.8 Å². The van der Waals surface area contributed by atoms with Gasteiger partial charge in [0.2, 0.25) is 0 Å². The van der Waals surface area contributed by atoms with Crippen molar-refractivity contribution in [2.24, 2.45) is 7.05 Å². The minimum atomic E-state index is -0.529. The molecular formula is C12H13N5O2. The van der Waals surface area contributed by atoms with E-state index >= 15 is 0 Å². The van der Waals surface area contributed by atoms with Gasteiger partial charge in [-0.15, -0.1) is 0 Å². The predicted molar refractivity (Wildman–Crippen MR) is 69.2 cm³/mol. The molecule has 19 heavy (non-hydrogen) atoms. The third-order valence-electron chi connectivity index (χ3n) is 2.34. The summed E-state index contributed by atoms with van der Waals surface area (Å²) in [5.74, 6) is 5.14. The minimum Gasteiger partial charge on any atom is -0.456 e. The van der Waals surface area contributed by atoms with Crippen LogP contribution < -0.4 is 5.32 Å². The Bertz CT molecular complexity index is 653. The number of carbonyl (C=O) groups excluding carboxylic acids is 1. The minimum absolute atomic E-state index is 0.291. The van der Waals surface area contributed by atoms with Gasteiger partial charge in [0.1, 0.15) is 12.1 Å². The lowest BCUT2D eigenvalue weighted by Gasteiger charge is -2.01. The number of nitrogens with one attached hydrogen (secondary N) is 1. The number of anilines is 1. The van der Waals surface area contributed by atoms with Gasteiger partial charge in [-0.05, 0) is 6.92 Å². The van der Waals surface area contributed by atoms with Crippen molar-refractivity contribution in [1.82, 2.24) is 19.7 Å². The quantitative estimate of drug-likeness (QED) is 0.486. The van der Waals surface area contributed by atoms with E-state index in [0.717, 1.165) is 11.0 Å². The second-order valence-electron chi connectivity index (χ2n) is 3.60. The first-order chi connectivity index (χ1) is 9.22. The topological polar surface area (TPSA) is 81.9 Å². The highest BCUT2D eigenvalue weighted by atomic mass is 16.5. The van der Waals surface area contributed by atoms with Gasteiger partial charge in [-0.3, -0.25) is 4.68 Å². The van der Waals surface area contributed by atoms with Crippen LogP contribution in [-0.2, 0) is 16.6 Å². The van der Waals surface area contributed by atoms with Crippen LogP contribution in [-0.4, -0.2) is 38.9 Å². The van der Waals surface area contributed by atoms with E-state index in [0.29, 0.717) is 19.0 Å². The molecule has 7 heteroatoms. The molecule has 7 nitrogen and oxygen atoms in total. The number of hydrogen-bond acceptors (Lipinski definition) is 6. The predicted octanol–water partition coefficient (Wildman–Crippen LogP) is 0.342. The molecule has 2 heterocycles. The van der Waals surface area contributed by atoms with Gasteiger partial charge in [0.25, 0.3) is 0 Å². The number of ether oxygens (including phenoxy) is 1. The van der Waals surface area contributed by atoms with Gasteiger partial charge in [-0.2, -0.15) is 5.10 Å². The first-order valence-electron chi connectivity index (χ1n) is 5.74.